The van der Waals surface area contributed by atoms with Crippen molar-refractivity contribution >= 4 is 55.5 Å². The second-order valence-corrected chi connectivity index (χ2v) is 5.90. The predicted molar refractivity (Wildman–Crippen MR) is 93.7 cm³/mol. The number of thiocarbonyl (C=S) groups is 1. The maximum Gasteiger partial charge on any atom is 0.182 e. The molecule has 104 valence electrons. The molecule has 1 N–H and O–H groups in total. The molecular weight excluding hydrogens is 300 g/mol. The molecule has 3 rings (SSSR count). The number of nitrogens with zero attached hydrogens (tertiary/aromatic N) is 2. The van der Waals surface area contributed by atoms with Crippen LogP contribution in [0.25, 0.3) is 21.5 Å². The molecule has 3 aromatic rings. The van der Waals surface area contributed by atoms with Crippen molar-refractivity contribution in [3.05, 3.63) is 48.5 Å². The molecule has 0 bridgehead atoms. The molecule has 21 heavy (non-hydrogen) atoms. The number of phenolic OH excluding ortho intramolecular Hbond substituents is 1. The monoisotopic (exact) mass is 312 g/mol. The standard InChI is InChI=1S/C16H12N2OS2/c1-21-16(20)18-17-14-12-8-4-2-6-10(12)11-7-3-5-9-13(11)15(14)19/h2-9,19H,1H3. The fourth-order valence-electron chi connectivity index (χ4n) is 2.34. The molecule has 3 nitrogen and oxygen atoms in total. The first kappa shape index (κ1) is 14.0. The van der Waals surface area contributed by atoms with Gasteiger partial charge >= 0.3 is 0 Å². The third-order valence-corrected chi connectivity index (χ3v) is 4.30. The van der Waals surface area contributed by atoms with Crippen molar-refractivity contribution in [1.29, 1.82) is 0 Å². The van der Waals surface area contributed by atoms with Crippen molar-refractivity contribution in [1.82, 2.24) is 0 Å². The highest BCUT2D eigenvalue weighted by atomic mass is 32.2. The van der Waals surface area contributed by atoms with Crippen molar-refractivity contribution in [2.24, 2.45) is 10.2 Å². The van der Waals surface area contributed by atoms with Gasteiger partial charge in [0, 0.05) is 10.8 Å². The Hall–Kier alpha value is -1.98. The van der Waals surface area contributed by atoms with Gasteiger partial charge in [-0.05, 0) is 29.2 Å². The fourth-order valence-corrected chi connectivity index (χ4v) is 2.50. The van der Waals surface area contributed by atoms with Crippen LogP contribution in [0.2, 0.25) is 0 Å². The summed E-state index contributed by atoms with van der Waals surface area (Å²) in [6.07, 6.45) is 1.85. The van der Waals surface area contributed by atoms with Crippen LogP contribution in [0.15, 0.2) is 58.8 Å². The molecule has 0 heterocycles. The minimum atomic E-state index is 0.136. The van der Waals surface area contributed by atoms with E-state index >= 15 is 0 Å². The quantitative estimate of drug-likeness (QED) is 0.370. The third-order valence-electron chi connectivity index (χ3n) is 3.29. The average Bonchev–Trinajstić information content (AvgIpc) is 2.54. The largest absolute Gasteiger partial charge is 0.505 e. The van der Waals surface area contributed by atoms with E-state index in [0.717, 1.165) is 21.5 Å². The SMILES string of the molecule is CSC(=S)N=Nc1c(O)c2ccccc2c2ccccc12. The highest BCUT2D eigenvalue weighted by Gasteiger charge is 2.12. The van der Waals surface area contributed by atoms with E-state index in [2.05, 4.69) is 10.2 Å². The Morgan fingerprint density at radius 1 is 0.952 bits per heavy atom. The minimum Gasteiger partial charge on any atom is -0.505 e. The Morgan fingerprint density at radius 2 is 1.48 bits per heavy atom. The van der Waals surface area contributed by atoms with Gasteiger partial charge in [0.1, 0.15) is 5.69 Å². The Labute approximate surface area is 131 Å². The summed E-state index contributed by atoms with van der Waals surface area (Å²) in [6.45, 7) is 0. The molecule has 0 aliphatic carbocycles. The first-order chi connectivity index (χ1) is 10.2. The van der Waals surface area contributed by atoms with E-state index in [4.69, 9.17) is 12.2 Å². The fraction of sp³-hybridized carbons (Fsp3) is 0.0625. The molecule has 0 aromatic heterocycles. The summed E-state index contributed by atoms with van der Waals surface area (Å²) in [5.74, 6) is 0.136. The maximum atomic E-state index is 10.5. The number of hydrogen-bond acceptors (Lipinski definition) is 4. The number of aromatic hydroxyl groups is 1. The van der Waals surface area contributed by atoms with Gasteiger partial charge in [0.15, 0.2) is 10.1 Å². The smallest absolute Gasteiger partial charge is 0.182 e. The topological polar surface area (TPSA) is 45.0 Å². The molecule has 0 saturated carbocycles. The lowest BCUT2D eigenvalue weighted by molar-refractivity contribution is 0.483. The summed E-state index contributed by atoms with van der Waals surface area (Å²) in [6, 6.07) is 15.6. The highest BCUT2D eigenvalue weighted by Crippen LogP contribution is 2.42. The summed E-state index contributed by atoms with van der Waals surface area (Å²) in [5, 5.41) is 22.3. The molecule has 0 aliphatic heterocycles. The van der Waals surface area contributed by atoms with Gasteiger partial charge < -0.3 is 5.11 Å². The molecule has 0 fully saturated rings. The van der Waals surface area contributed by atoms with Gasteiger partial charge in [-0.15, -0.1) is 10.2 Å². The number of hydrogen-bond donors (Lipinski definition) is 1. The molecule has 0 spiro atoms. The van der Waals surface area contributed by atoms with Crippen molar-refractivity contribution < 1.29 is 5.11 Å². The van der Waals surface area contributed by atoms with E-state index in [1.54, 1.807) is 0 Å². The Kier molecular flexibility index (Phi) is 3.86. The predicted octanol–water partition coefficient (Wildman–Crippen LogP) is 5.43. The molecule has 0 aliphatic rings. The van der Waals surface area contributed by atoms with Gasteiger partial charge in [-0.1, -0.05) is 60.3 Å². The summed E-state index contributed by atoms with van der Waals surface area (Å²) >= 11 is 6.39. The lowest BCUT2D eigenvalue weighted by Gasteiger charge is -2.09. The second-order valence-electron chi connectivity index (χ2n) is 4.46. The van der Waals surface area contributed by atoms with Crippen LogP contribution in [0.5, 0.6) is 5.75 Å². The highest BCUT2D eigenvalue weighted by molar-refractivity contribution is 8.22. The first-order valence-corrected chi connectivity index (χ1v) is 7.98. The summed E-state index contributed by atoms with van der Waals surface area (Å²) in [5.41, 5.74) is 0.459. The van der Waals surface area contributed by atoms with Crippen molar-refractivity contribution in [2.45, 2.75) is 0 Å². The van der Waals surface area contributed by atoms with Crippen LogP contribution in [0.4, 0.5) is 5.69 Å². The van der Waals surface area contributed by atoms with Crippen LogP contribution in [-0.2, 0) is 0 Å². The normalized spacial score (nSPS) is 11.5. The van der Waals surface area contributed by atoms with E-state index in [1.165, 1.54) is 11.8 Å². The molecule has 3 aromatic carbocycles. The van der Waals surface area contributed by atoms with Gasteiger partial charge in [-0.3, -0.25) is 0 Å². The average molecular weight is 312 g/mol. The molecule has 0 unspecified atom stereocenters. The van der Waals surface area contributed by atoms with Gasteiger partial charge in [0.2, 0.25) is 0 Å². The second kappa shape index (κ2) is 5.79. The van der Waals surface area contributed by atoms with Crippen molar-refractivity contribution in [2.75, 3.05) is 6.26 Å². The number of phenols is 1. The van der Waals surface area contributed by atoms with Crippen LogP contribution in [-0.4, -0.2) is 15.7 Å². The lowest BCUT2D eigenvalue weighted by Crippen LogP contribution is -1.82. The van der Waals surface area contributed by atoms with Crippen LogP contribution in [0.1, 0.15) is 0 Å². The van der Waals surface area contributed by atoms with Crippen LogP contribution < -0.4 is 0 Å². The van der Waals surface area contributed by atoms with Crippen LogP contribution >= 0.6 is 24.0 Å². The van der Waals surface area contributed by atoms with Crippen LogP contribution in [0.3, 0.4) is 0 Å². The van der Waals surface area contributed by atoms with E-state index in [0.29, 0.717) is 10.0 Å². The summed E-state index contributed by atoms with van der Waals surface area (Å²) in [4.78, 5) is 0. The van der Waals surface area contributed by atoms with Gasteiger partial charge in [-0.2, -0.15) is 0 Å². The Morgan fingerprint density at radius 3 is 2.10 bits per heavy atom. The zero-order chi connectivity index (χ0) is 14.8. The molecule has 5 heteroatoms. The maximum absolute atomic E-state index is 10.5. The lowest BCUT2D eigenvalue weighted by atomic mass is 9.99. The molecule has 0 saturated heterocycles. The third kappa shape index (κ3) is 2.50. The van der Waals surface area contributed by atoms with Crippen molar-refractivity contribution in [3.63, 3.8) is 0 Å². The molecule has 0 amide bonds. The molecular formula is C16H12N2OS2. The van der Waals surface area contributed by atoms with Gasteiger partial charge in [0.25, 0.3) is 0 Å². The van der Waals surface area contributed by atoms with Gasteiger partial charge in [0.05, 0.1) is 0 Å². The zero-order valence-electron chi connectivity index (χ0n) is 11.3. The van der Waals surface area contributed by atoms with E-state index in [1.807, 2.05) is 54.8 Å². The van der Waals surface area contributed by atoms with E-state index in [9.17, 15) is 5.11 Å². The first-order valence-electron chi connectivity index (χ1n) is 6.34. The number of rotatable bonds is 1. The van der Waals surface area contributed by atoms with E-state index in [-0.39, 0.29) is 5.75 Å². The molecule has 0 radical (unpaired) electrons. The van der Waals surface area contributed by atoms with Crippen LogP contribution in [0, 0.1) is 0 Å². The number of thioether (sulfide) groups is 1. The zero-order valence-corrected chi connectivity index (χ0v) is 12.9. The molecule has 0 atom stereocenters. The number of benzene rings is 3. The van der Waals surface area contributed by atoms with E-state index < -0.39 is 0 Å². The summed E-state index contributed by atoms with van der Waals surface area (Å²) in [7, 11) is 0. The Bertz CT molecular complexity index is 875. The number of azo groups is 1. The van der Waals surface area contributed by atoms with Gasteiger partial charge in [-0.25, -0.2) is 0 Å². The number of fused-ring (bicyclic) bond motifs is 3. The Balaban J connectivity index is 2.38. The summed E-state index contributed by atoms with van der Waals surface area (Å²) < 4.78 is 0.437. The minimum absolute atomic E-state index is 0.136. The van der Waals surface area contributed by atoms with Crippen molar-refractivity contribution in [3.8, 4) is 5.75 Å².